The fraction of sp³-hybridized carbons (Fsp3) is 0.143. The Morgan fingerprint density at radius 2 is 1.84 bits per heavy atom. The van der Waals surface area contributed by atoms with Crippen LogP contribution in [-0.4, -0.2) is 11.0 Å². The van der Waals surface area contributed by atoms with Crippen LogP contribution in [-0.2, 0) is 19.3 Å². The standard InChI is InChI=1S/C21H18ClF3N4OS/c22-19-8-3-16(21(23,24)25)10-15(19)13-28-31-18-6-4-17(5-7-18)29-20(30)27-12-14-2-1-9-26-11-14/h1-11,28H,12-13H2,(H2,27,29,30). The highest BCUT2D eigenvalue weighted by molar-refractivity contribution is 7.97. The van der Waals surface area contributed by atoms with Crippen LogP contribution in [0, 0.1) is 0 Å². The lowest BCUT2D eigenvalue weighted by atomic mass is 10.1. The molecule has 3 rings (SSSR count). The predicted octanol–water partition coefficient (Wildman–Crippen LogP) is 5.87. The maximum absolute atomic E-state index is 12.8. The number of hydrogen-bond acceptors (Lipinski definition) is 4. The van der Waals surface area contributed by atoms with E-state index in [1.54, 1.807) is 42.7 Å². The van der Waals surface area contributed by atoms with E-state index in [0.29, 0.717) is 17.8 Å². The van der Waals surface area contributed by atoms with Gasteiger partial charge in [0.05, 0.1) is 5.56 Å². The molecule has 0 saturated carbocycles. The molecule has 2 amide bonds. The highest BCUT2D eigenvalue weighted by Gasteiger charge is 2.30. The predicted molar refractivity (Wildman–Crippen MR) is 116 cm³/mol. The number of urea groups is 1. The SMILES string of the molecule is O=C(NCc1cccnc1)Nc1ccc(SNCc2cc(C(F)(F)F)ccc2Cl)cc1. The zero-order chi connectivity index (χ0) is 22.3. The van der Waals surface area contributed by atoms with Gasteiger partial charge >= 0.3 is 12.2 Å². The molecule has 0 spiro atoms. The summed E-state index contributed by atoms with van der Waals surface area (Å²) in [6, 6.07) is 13.6. The molecule has 5 nitrogen and oxygen atoms in total. The Bertz CT molecular complexity index is 1020. The number of anilines is 1. The van der Waals surface area contributed by atoms with Crippen molar-refractivity contribution in [2.24, 2.45) is 0 Å². The van der Waals surface area contributed by atoms with Gasteiger partial charge in [0.1, 0.15) is 0 Å². The summed E-state index contributed by atoms with van der Waals surface area (Å²) in [4.78, 5) is 16.8. The lowest BCUT2D eigenvalue weighted by Gasteiger charge is -2.11. The summed E-state index contributed by atoms with van der Waals surface area (Å²) >= 11 is 7.24. The Kier molecular flexibility index (Phi) is 7.78. The molecule has 1 heterocycles. The van der Waals surface area contributed by atoms with Gasteiger partial charge in [-0.05, 0) is 71.6 Å². The van der Waals surface area contributed by atoms with Gasteiger partial charge in [-0.3, -0.25) is 9.71 Å². The van der Waals surface area contributed by atoms with Gasteiger partial charge in [-0.25, -0.2) is 4.79 Å². The lowest BCUT2D eigenvalue weighted by Crippen LogP contribution is -2.28. The molecule has 3 N–H and O–H groups in total. The first kappa shape index (κ1) is 22.9. The molecule has 0 saturated heterocycles. The quantitative estimate of drug-likeness (QED) is 0.381. The Morgan fingerprint density at radius 3 is 2.52 bits per heavy atom. The maximum Gasteiger partial charge on any atom is 0.416 e. The number of alkyl halides is 3. The van der Waals surface area contributed by atoms with Crippen LogP contribution in [0.2, 0.25) is 5.02 Å². The number of carbonyl (C=O) groups is 1. The molecule has 0 bridgehead atoms. The van der Waals surface area contributed by atoms with Crippen molar-refractivity contribution in [1.29, 1.82) is 0 Å². The van der Waals surface area contributed by atoms with Crippen molar-refractivity contribution in [3.63, 3.8) is 0 Å². The Hall–Kier alpha value is -2.75. The normalized spacial score (nSPS) is 11.2. The van der Waals surface area contributed by atoms with Crippen molar-refractivity contribution < 1.29 is 18.0 Å². The molecule has 0 radical (unpaired) electrons. The number of benzene rings is 2. The largest absolute Gasteiger partial charge is 0.416 e. The van der Waals surface area contributed by atoms with E-state index in [1.165, 1.54) is 18.0 Å². The summed E-state index contributed by atoms with van der Waals surface area (Å²) in [6.07, 6.45) is -1.09. The number of rotatable bonds is 7. The molecule has 10 heteroatoms. The molecule has 31 heavy (non-hydrogen) atoms. The van der Waals surface area contributed by atoms with Crippen molar-refractivity contribution in [2.75, 3.05) is 5.32 Å². The van der Waals surface area contributed by atoms with E-state index in [0.717, 1.165) is 22.6 Å². The van der Waals surface area contributed by atoms with Gasteiger partial charge in [0.25, 0.3) is 0 Å². The Labute approximate surface area is 186 Å². The zero-order valence-corrected chi connectivity index (χ0v) is 17.6. The zero-order valence-electron chi connectivity index (χ0n) is 16.0. The van der Waals surface area contributed by atoms with E-state index < -0.39 is 11.7 Å². The lowest BCUT2D eigenvalue weighted by molar-refractivity contribution is -0.137. The van der Waals surface area contributed by atoms with E-state index in [4.69, 9.17) is 11.6 Å². The molecule has 0 fully saturated rings. The Morgan fingerprint density at radius 1 is 1.06 bits per heavy atom. The first-order valence-corrected chi connectivity index (χ1v) is 10.3. The van der Waals surface area contributed by atoms with Gasteiger partial charge in [0.2, 0.25) is 0 Å². The van der Waals surface area contributed by atoms with Gasteiger partial charge in [-0.15, -0.1) is 0 Å². The molecule has 0 aliphatic carbocycles. The fourth-order valence-electron chi connectivity index (χ4n) is 2.55. The van der Waals surface area contributed by atoms with Gasteiger partial charge in [-0.2, -0.15) is 13.2 Å². The van der Waals surface area contributed by atoms with Crippen molar-refractivity contribution in [3.8, 4) is 0 Å². The fourth-order valence-corrected chi connectivity index (χ4v) is 3.40. The number of aromatic nitrogens is 1. The molecular weight excluding hydrogens is 449 g/mol. The van der Waals surface area contributed by atoms with Gasteiger partial charge < -0.3 is 10.6 Å². The number of pyridine rings is 1. The first-order valence-electron chi connectivity index (χ1n) is 9.10. The smallest absolute Gasteiger partial charge is 0.334 e. The molecule has 0 aliphatic heterocycles. The van der Waals surface area contributed by atoms with Crippen LogP contribution in [0.25, 0.3) is 0 Å². The molecule has 0 unspecified atom stereocenters. The van der Waals surface area contributed by atoms with E-state index in [1.807, 2.05) is 6.07 Å². The third-order valence-electron chi connectivity index (χ3n) is 4.11. The molecule has 3 aromatic rings. The van der Waals surface area contributed by atoms with Crippen molar-refractivity contribution in [1.82, 2.24) is 15.0 Å². The monoisotopic (exact) mass is 466 g/mol. The van der Waals surface area contributed by atoms with E-state index >= 15 is 0 Å². The van der Waals surface area contributed by atoms with Crippen molar-refractivity contribution in [2.45, 2.75) is 24.2 Å². The summed E-state index contributed by atoms with van der Waals surface area (Å²) in [5.74, 6) is 0. The molecule has 2 aromatic carbocycles. The maximum atomic E-state index is 12.8. The highest BCUT2D eigenvalue weighted by Crippen LogP contribution is 2.32. The van der Waals surface area contributed by atoms with Crippen molar-refractivity contribution in [3.05, 3.63) is 88.7 Å². The van der Waals surface area contributed by atoms with E-state index in [-0.39, 0.29) is 17.6 Å². The van der Waals surface area contributed by atoms with Crippen LogP contribution in [0.1, 0.15) is 16.7 Å². The second kappa shape index (κ2) is 10.5. The summed E-state index contributed by atoms with van der Waals surface area (Å²) in [5.41, 5.74) is 1.11. The second-order valence-corrected chi connectivity index (χ2v) is 7.79. The molecule has 162 valence electrons. The summed E-state index contributed by atoms with van der Waals surface area (Å²) in [5, 5.41) is 5.72. The van der Waals surface area contributed by atoms with Crippen LogP contribution in [0.15, 0.2) is 71.9 Å². The molecule has 1 aromatic heterocycles. The number of carbonyl (C=O) groups excluding carboxylic acids is 1. The van der Waals surface area contributed by atoms with Gasteiger partial charge in [0.15, 0.2) is 0 Å². The van der Waals surface area contributed by atoms with Gasteiger partial charge in [-0.1, -0.05) is 17.7 Å². The third-order valence-corrected chi connectivity index (χ3v) is 5.28. The molecular formula is C21H18ClF3N4OS. The van der Waals surface area contributed by atoms with Crippen LogP contribution in [0.3, 0.4) is 0 Å². The minimum Gasteiger partial charge on any atom is -0.334 e. The summed E-state index contributed by atoms with van der Waals surface area (Å²) in [7, 11) is 0. The van der Waals surface area contributed by atoms with Gasteiger partial charge in [0, 0.05) is 41.1 Å². The summed E-state index contributed by atoms with van der Waals surface area (Å²) in [6.45, 7) is 0.514. The number of nitrogens with zero attached hydrogens (tertiary/aromatic N) is 1. The second-order valence-electron chi connectivity index (χ2n) is 6.42. The third kappa shape index (κ3) is 7.16. The minimum absolute atomic E-state index is 0.157. The van der Waals surface area contributed by atoms with Crippen LogP contribution >= 0.6 is 23.5 Å². The first-order chi connectivity index (χ1) is 14.8. The summed E-state index contributed by atoms with van der Waals surface area (Å²) < 4.78 is 41.5. The number of nitrogens with one attached hydrogen (secondary N) is 3. The number of halogens is 4. The van der Waals surface area contributed by atoms with Crippen LogP contribution in [0.5, 0.6) is 0 Å². The highest BCUT2D eigenvalue weighted by atomic mass is 35.5. The Balaban J connectivity index is 1.47. The average molecular weight is 467 g/mol. The number of hydrogen-bond donors (Lipinski definition) is 3. The van der Waals surface area contributed by atoms with E-state index in [9.17, 15) is 18.0 Å². The topological polar surface area (TPSA) is 66.0 Å². The molecule has 0 aliphatic rings. The van der Waals surface area contributed by atoms with Crippen molar-refractivity contribution >= 4 is 35.3 Å². The van der Waals surface area contributed by atoms with Crippen LogP contribution < -0.4 is 15.4 Å². The van der Waals surface area contributed by atoms with E-state index in [2.05, 4.69) is 20.3 Å². The minimum atomic E-state index is -4.42. The average Bonchev–Trinajstić information content (AvgIpc) is 2.75. The van der Waals surface area contributed by atoms with Crippen LogP contribution in [0.4, 0.5) is 23.7 Å². The number of amides is 2. The molecule has 0 atom stereocenters.